The summed E-state index contributed by atoms with van der Waals surface area (Å²) < 4.78 is 14.1. The van der Waals surface area contributed by atoms with Crippen LogP contribution in [-0.2, 0) is 88.4 Å². The van der Waals surface area contributed by atoms with Gasteiger partial charge in [-0.1, -0.05) is 173 Å². The van der Waals surface area contributed by atoms with Crippen molar-refractivity contribution < 1.29 is 132 Å². The maximum Gasteiger partial charge on any atom is 1.00 e. The van der Waals surface area contributed by atoms with Gasteiger partial charge in [0.1, 0.15) is 4.32 Å². The molecular formula is C85H151AgBr3Cl5IN3NaO10S+. The zero-order valence-corrected chi connectivity index (χ0v) is 80.8. The summed E-state index contributed by atoms with van der Waals surface area (Å²) in [5.74, 6) is 0.470. The number of carboxylic acids is 1. The number of benzene rings is 4. The van der Waals surface area contributed by atoms with Crippen LogP contribution in [0, 0.1) is 55.4 Å². The third-order valence-corrected chi connectivity index (χ3v) is 22.0. The third kappa shape index (κ3) is 47.1. The first-order chi connectivity index (χ1) is 45.4. The second kappa shape index (κ2) is 64.0. The first kappa shape index (κ1) is 136. The minimum atomic E-state index is -1.67. The Balaban J connectivity index is -0.0000000922. The Morgan fingerprint density at radius 1 is 0.464 bits per heavy atom. The Kier molecular flexibility index (Phi) is 79.1. The number of aryl methyl sites for hydroxylation is 8. The Morgan fingerprint density at radius 3 is 0.836 bits per heavy atom. The van der Waals surface area contributed by atoms with E-state index in [1.165, 1.54) is 113 Å². The molecule has 0 aliphatic carbocycles. The van der Waals surface area contributed by atoms with Gasteiger partial charge >= 0.3 is 64.7 Å². The Bertz CT molecular complexity index is 3070. The second-order valence-corrected chi connectivity index (χ2v) is 38.7. The first-order valence-corrected chi connectivity index (χ1v) is 41.6. The van der Waals surface area contributed by atoms with Gasteiger partial charge in [0.15, 0.2) is 34.2 Å². The van der Waals surface area contributed by atoms with E-state index in [0.29, 0.717) is 43.0 Å². The summed E-state index contributed by atoms with van der Waals surface area (Å²) in [5, 5.41) is 7.84. The summed E-state index contributed by atoms with van der Waals surface area (Å²) in [6.07, 6.45) is 12.2. The molecule has 0 spiro atoms. The molecule has 25 heteroatoms. The van der Waals surface area contributed by atoms with Gasteiger partial charge in [0, 0.05) is 85.9 Å². The van der Waals surface area contributed by atoms with Gasteiger partial charge in [0.25, 0.3) is 0 Å². The van der Waals surface area contributed by atoms with Crippen molar-refractivity contribution >= 4 is 146 Å². The molecule has 4 aliphatic rings. The SMILES string of the molecule is C.C.C.C.C.C.C.C1CCOC1.CC(C)(Br)C(=O)Cl.CC(C)(Br)C(=O)O.Cc1cccc(C)c1CC(=O)C(C)(C)Br.Cc1cccc(C)c1CC(=O)C(C)(C)N1CCCC1.Cc1cccc(C)c1CC(=O)C(C)(C)[N+]1(C)CCCC1.Cc1cccc(C)c1CC(=O)C(C)(C)[N+]1(C)CCCC1.Cl.O.O=S(Cl)Cl.[Cl][Ag].[H-].[I-].[Na+]. The normalized spacial score (nSPS) is 14.0. The fourth-order valence-corrected chi connectivity index (χ4v) is 11.9. The first-order valence-electron chi connectivity index (χ1n) is 34.1. The number of hydrogen-bond donors (Lipinski definition) is 1. The maximum atomic E-state index is 12.9. The molecule has 13 nitrogen and oxygen atoms in total. The van der Waals surface area contributed by atoms with Crippen molar-refractivity contribution in [1.29, 1.82) is 0 Å². The number of aliphatic carboxylic acids is 1. The van der Waals surface area contributed by atoms with Crippen LogP contribution >= 0.6 is 102 Å². The number of hydrogen-bond acceptors (Lipinski definition) is 9. The average Bonchev–Trinajstić information content (AvgIpc) is 1.73. The molecule has 4 aromatic carbocycles. The molecule has 8 rings (SSSR count). The maximum absolute atomic E-state index is 12.9. The molecule has 0 atom stereocenters. The van der Waals surface area contributed by atoms with E-state index in [9.17, 15) is 28.8 Å². The Hall–Kier alpha value is 0.0103. The Morgan fingerprint density at radius 2 is 0.664 bits per heavy atom. The number of halogens is 9. The van der Waals surface area contributed by atoms with Crippen molar-refractivity contribution in [1.82, 2.24) is 4.90 Å². The number of ketones is 4. The van der Waals surface area contributed by atoms with Gasteiger partial charge in [-0.15, -0.1) is 12.4 Å². The standard InChI is InChI=1S/2C18H28NO.C17H25NO.C13H17BrO.C4H6BrClO.C4H7BrO2.C4H8O.7CH4.Ag.Cl2OS.2ClH.HI.Na.H2O.H/c2*1-14-9-8-10-15(2)16(14)13-17(20)18(3,4)19(5)11-6-7-12-19;1-13-8-7-9-14(2)15(13)12-16(19)17(3,4)18-10-5-6-11-18;1-9-6-5-7-10(2)11(9)8-12(15)13(3,4)14;2*1-4(2,5)3(6)7;1-2-4-5-3-1;;;;;;;;;1-4(2)3;;;;;;/h2*8-10H,6-7,11-13H2,1-5H3;7-9H,5-6,10-12H2,1-4H3;5-7H,8H2,1-4H3;1-2H3;1-2H3,(H,6,7);1-4H2;7*1H4;;;3*1H;;1H2;/q2*+1;;;;;;;;;;;;;+1;;;;;+1;;-1/p-2. The van der Waals surface area contributed by atoms with Crippen molar-refractivity contribution in [2.45, 2.75) is 297 Å². The molecule has 0 unspecified atom stereocenters. The number of ether oxygens (including phenoxy) is 1. The number of Topliss-reactive ketones (excluding diaryl/α,β-unsaturated/α-hetero) is 4. The van der Waals surface area contributed by atoms with Crippen LogP contribution in [0.3, 0.4) is 0 Å². The zero-order chi connectivity index (χ0) is 76.9. The van der Waals surface area contributed by atoms with Gasteiger partial charge in [-0.05, 0) is 256 Å². The van der Waals surface area contributed by atoms with E-state index in [-0.39, 0.29) is 152 Å². The van der Waals surface area contributed by atoms with Gasteiger partial charge in [-0.3, -0.25) is 33.7 Å². The monoisotopic (exact) mass is 2070 g/mol. The number of carbonyl (C=O) groups is 6. The number of rotatable bonds is 17. The van der Waals surface area contributed by atoms with Gasteiger partial charge in [-0.2, -0.15) is 0 Å². The molecule has 4 aromatic rings. The molecular weight excluding hydrogens is 1930 g/mol. The van der Waals surface area contributed by atoms with Gasteiger partial charge in [0.05, 0.1) is 54.5 Å². The van der Waals surface area contributed by atoms with Crippen molar-refractivity contribution in [2.75, 3.05) is 66.6 Å². The van der Waals surface area contributed by atoms with Gasteiger partial charge in [-0.25, -0.2) is 4.21 Å². The molecule has 646 valence electrons. The molecule has 0 saturated carbocycles. The van der Waals surface area contributed by atoms with E-state index in [1.54, 1.807) is 27.7 Å². The average molecular weight is 2080 g/mol. The second-order valence-electron chi connectivity index (χ2n) is 29.9. The van der Waals surface area contributed by atoms with E-state index in [1.807, 2.05) is 19.9 Å². The molecule has 110 heavy (non-hydrogen) atoms. The summed E-state index contributed by atoms with van der Waals surface area (Å²) in [7, 11) is 16.3. The van der Waals surface area contributed by atoms with Crippen LogP contribution < -0.4 is 53.5 Å². The molecule has 0 amide bonds. The van der Waals surface area contributed by atoms with E-state index in [4.69, 9.17) is 25.7 Å². The van der Waals surface area contributed by atoms with Crippen LogP contribution in [-0.4, -0.2) is 159 Å². The predicted molar refractivity (Wildman–Crippen MR) is 484 cm³/mol. The molecule has 4 heterocycles. The van der Waals surface area contributed by atoms with Gasteiger partial charge < -0.3 is 49.7 Å². The van der Waals surface area contributed by atoms with Crippen molar-refractivity contribution in [3.05, 3.63) is 140 Å². The summed E-state index contributed by atoms with van der Waals surface area (Å²) in [4.78, 5) is 72.9. The van der Waals surface area contributed by atoms with E-state index >= 15 is 0 Å². The molecule has 3 N–H and O–H groups in total. The molecule has 4 fully saturated rings. The summed E-state index contributed by atoms with van der Waals surface area (Å²) in [5.41, 5.74) is 13.7. The van der Waals surface area contributed by atoms with Crippen LogP contribution in [0.4, 0.5) is 0 Å². The third-order valence-electron chi connectivity index (χ3n) is 20.1. The number of nitrogens with zero attached hydrogens (tertiary/aromatic N) is 3. The van der Waals surface area contributed by atoms with Crippen molar-refractivity contribution in [3.8, 4) is 0 Å². The number of quaternary nitrogens is 2. The molecule has 0 aromatic heterocycles. The van der Waals surface area contributed by atoms with Crippen LogP contribution in [0.5, 0.6) is 0 Å². The number of likely N-dealkylation sites (N-methyl/N-ethyl adjacent to an activating group) is 2. The Labute approximate surface area is 777 Å². The van der Waals surface area contributed by atoms with Gasteiger partial charge in [0.2, 0.25) is 14.5 Å². The largest absolute Gasteiger partial charge is 1.00 e. The summed E-state index contributed by atoms with van der Waals surface area (Å²) >= 11 is 16.9. The number of likely N-dealkylation sites (tertiary alicyclic amines) is 3. The number of alkyl halides is 3. The van der Waals surface area contributed by atoms with E-state index < -0.39 is 28.2 Å². The van der Waals surface area contributed by atoms with E-state index in [2.05, 4.69) is 281 Å². The topological polar surface area (TPSA) is 184 Å². The molecule has 0 bridgehead atoms. The van der Waals surface area contributed by atoms with Crippen LogP contribution in [0.2, 0.25) is 0 Å². The predicted octanol–water partition coefficient (Wildman–Crippen LogP) is 17.6. The fraction of sp³-hybridized carbons (Fsp3) is 0.647. The molecule has 4 saturated heterocycles. The quantitative estimate of drug-likeness (QED) is 0.0351. The fourth-order valence-electron chi connectivity index (χ4n) is 11.8. The van der Waals surface area contributed by atoms with Crippen molar-refractivity contribution in [3.63, 3.8) is 0 Å². The summed E-state index contributed by atoms with van der Waals surface area (Å²) in [6, 6.07) is 24.9. The van der Waals surface area contributed by atoms with E-state index in [0.717, 1.165) is 67.0 Å². The minimum Gasteiger partial charge on any atom is -1.00 e. The van der Waals surface area contributed by atoms with Crippen LogP contribution in [0.1, 0.15) is 255 Å². The molecule has 4 aliphatic heterocycles. The molecule has 0 radical (unpaired) electrons. The van der Waals surface area contributed by atoms with Crippen molar-refractivity contribution in [2.24, 2.45) is 0 Å². The summed E-state index contributed by atoms with van der Waals surface area (Å²) in [6.45, 7) is 48.4. The minimum absolute atomic E-state index is 0. The van der Waals surface area contributed by atoms with Crippen LogP contribution in [0.15, 0.2) is 72.8 Å². The van der Waals surface area contributed by atoms with Crippen LogP contribution in [0.25, 0.3) is 0 Å². The zero-order valence-electron chi connectivity index (χ0n) is 66.8. The smallest absolute Gasteiger partial charge is 1.00 e. The number of carboxylic acid groups (broad SMARTS) is 1. The number of carbonyl (C=O) groups excluding carboxylic acids is 5.